The molecule has 6 heteroatoms. The third kappa shape index (κ3) is 7.19. The molecule has 0 unspecified atom stereocenters. The number of rotatable bonds is 12. The summed E-state index contributed by atoms with van der Waals surface area (Å²) in [6.45, 7) is 10.2. The Morgan fingerprint density at radius 3 is 1.82 bits per heavy atom. The van der Waals surface area contributed by atoms with Gasteiger partial charge in [-0.3, -0.25) is 14.9 Å². The van der Waals surface area contributed by atoms with E-state index in [1.54, 1.807) is 0 Å². The highest BCUT2D eigenvalue weighted by Crippen LogP contribution is 2.51. The molecule has 234 valence electrons. The van der Waals surface area contributed by atoms with Gasteiger partial charge in [-0.1, -0.05) is 123 Å². The number of hydrogen-bond acceptors (Lipinski definition) is 6. The van der Waals surface area contributed by atoms with Gasteiger partial charge in [0.1, 0.15) is 24.3 Å². The number of hydrogen-bond donors (Lipinski definition) is 2. The predicted octanol–water partition coefficient (Wildman–Crippen LogP) is 7.01. The van der Waals surface area contributed by atoms with Crippen LogP contribution in [-0.4, -0.2) is 36.2 Å². The van der Waals surface area contributed by atoms with E-state index in [0.717, 1.165) is 33.4 Å². The Kier molecular flexibility index (Phi) is 9.86. The van der Waals surface area contributed by atoms with E-state index >= 15 is 0 Å². The maximum atomic E-state index is 13.9. The van der Waals surface area contributed by atoms with Gasteiger partial charge in [0.2, 0.25) is 0 Å². The van der Waals surface area contributed by atoms with Crippen molar-refractivity contribution in [1.82, 2.24) is 10.6 Å². The molecule has 1 aliphatic carbocycles. The summed E-state index contributed by atoms with van der Waals surface area (Å²) in [6.07, 6.45) is 0.392. The van der Waals surface area contributed by atoms with Crippen LogP contribution in [0.4, 0.5) is 0 Å². The third-order valence-corrected chi connectivity index (χ3v) is 8.18. The van der Waals surface area contributed by atoms with Gasteiger partial charge in [0.15, 0.2) is 0 Å². The quantitative estimate of drug-likeness (QED) is 0.170. The summed E-state index contributed by atoms with van der Waals surface area (Å²) in [6, 6.07) is 35.4. The zero-order chi connectivity index (χ0) is 32.0. The first-order valence-corrected chi connectivity index (χ1v) is 15.8. The minimum atomic E-state index is -0.790. The van der Waals surface area contributed by atoms with Gasteiger partial charge in [-0.2, -0.15) is 0 Å². The molecule has 4 aromatic rings. The van der Waals surface area contributed by atoms with Gasteiger partial charge >= 0.3 is 11.9 Å². The molecular weight excluding hydrogens is 560 g/mol. The molecule has 5 rings (SSSR count). The van der Waals surface area contributed by atoms with Gasteiger partial charge in [0.25, 0.3) is 0 Å². The van der Waals surface area contributed by atoms with Crippen molar-refractivity contribution in [2.45, 2.75) is 70.9 Å². The van der Waals surface area contributed by atoms with Crippen molar-refractivity contribution in [2.75, 3.05) is 6.54 Å². The van der Waals surface area contributed by atoms with Gasteiger partial charge in [-0.25, -0.2) is 0 Å². The van der Waals surface area contributed by atoms with Crippen LogP contribution in [0.5, 0.6) is 0 Å². The van der Waals surface area contributed by atoms with E-state index in [0.29, 0.717) is 13.0 Å². The monoisotopic (exact) mass is 604 g/mol. The topological polar surface area (TPSA) is 76.7 Å². The van der Waals surface area contributed by atoms with Crippen LogP contribution >= 0.6 is 0 Å². The van der Waals surface area contributed by atoms with E-state index in [1.807, 2.05) is 95.3 Å². The minimum Gasteiger partial charge on any atom is -0.460 e. The fourth-order valence-corrected chi connectivity index (χ4v) is 6.15. The zero-order valence-electron chi connectivity index (χ0n) is 26.9. The number of carbonyl (C=O) groups is 2. The van der Waals surface area contributed by atoms with Crippen molar-refractivity contribution in [3.63, 3.8) is 0 Å². The van der Waals surface area contributed by atoms with Gasteiger partial charge in [0, 0.05) is 0 Å². The number of carbonyl (C=O) groups excluding carboxylic acids is 2. The third-order valence-electron chi connectivity index (χ3n) is 8.18. The van der Waals surface area contributed by atoms with Crippen LogP contribution in [0.2, 0.25) is 0 Å². The summed E-state index contributed by atoms with van der Waals surface area (Å²) in [4.78, 5) is 27.1. The minimum absolute atomic E-state index is 0.00884. The van der Waals surface area contributed by atoms with Crippen molar-refractivity contribution in [3.8, 4) is 11.1 Å². The Bertz CT molecular complexity index is 1550. The van der Waals surface area contributed by atoms with Crippen LogP contribution in [0, 0.1) is 5.92 Å². The highest BCUT2D eigenvalue weighted by atomic mass is 16.6. The molecule has 0 aromatic heterocycles. The van der Waals surface area contributed by atoms with E-state index in [1.165, 1.54) is 0 Å². The number of fused-ring (bicyclic) bond motifs is 3. The normalized spacial score (nSPS) is 14.7. The van der Waals surface area contributed by atoms with Gasteiger partial charge in [-0.05, 0) is 73.0 Å². The van der Waals surface area contributed by atoms with Gasteiger partial charge < -0.3 is 14.8 Å². The Labute approximate surface area is 267 Å². The molecule has 45 heavy (non-hydrogen) atoms. The summed E-state index contributed by atoms with van der Waals surface area (Å²) in [5.41, 5.74) is 4.95. The van der Waals surface area contributed by atoms with E-state index in [9.17, 15) is 9.59 Å². The largest absolute Gasteiger partial charge is 0.460 e. The molecule has 6 nitrogen and oxygen atoms in total. The Morgan fingerprint density at radius 1 is 0.733 bits per heavy atom. The van der Waals surface area contributed by atoms with Crippen molar-refractivity contribution < 1.29 is 19.1 Å². The van der Waals surface area contributed by atoms with Crippen LogP contribution in [0.25, 0.3) is 11.1 Å². The SMILES string of the molecule is CC(C)[C@H](NCC[C@H](NC1(c2ccccc2)c2ccccc2-c2ccccc21)C(=O)OC(C)(C)C)C(=O)OCc1ccccc1. The molecule has 4 aromatic carbocycles. The summed E-state index contributed by atoms with van der Waals surface area (Å²) in [5.74, 6) is -0.658. The molecule has 0 heterocycles. The second-order valence-corrected chi connectivity index (χ2v) is 13.0. The van der Waals surface area contributed by atoms with E-state index in [-0.39, 0.29) is 24.5 Å². The number of nitrogens with one attached hydrogen (secondary N) is 2. The van der Waals surface area contributed by atoms with Crippen LogP contribution in [0.15, 0.2) is 109 Å². The summed E-state index contributed by atoms with van der Waals surface area (Å²) >= 11 is 0. The second-order valence-electron chi connectivity index (χ2n) is 13.0. The van der Waals surface area contributed by atoms with Crippen LogP contribution in [0.1, 0.15) is 63.3 Å². The number of ether oxygens (including phenoxy) is 2. The number of benzene rings is 4. The average Bonchev–Trinajstić information content (AvgIpc) is 3.31. The molecule has 2 N–H and O–H groups in total. The molecule has 0 radical (unpaired) electrons. The van der Waals surface area contributed by atoms with Crippen molar-refractivity contribution in [3.05, 3.63) is 131 Å². The Balaban J connectivity index is 1.44. The summed E-state index contributed by atoms with van der Waals surface area (Å²) in [7, 11) is 0. The maximum absolute atomic E-state index is 13.9. The van der Waals surface area contributed by atoms with E-state index in [2.05, 4.69) is 59.2 Å². The highest BCUT2D eigenvalue weighted by Gasteiger charge is 2.47. The average molecular weight is 605 g/mol. The molecule has 0 spiro atoms. The fraction of sp³-hybridized carbons (Fsp3) is 0.333. The molecule has 0 saturated heterocycles. The lowest BCUT2D eigenvalue weighted by molar-refractivity contribution is -0.158. The molecule has 0 aliphatic heterocycles. The molecule has 0 fully saturated rings. The standard InChI is InChI=1S/C39H44N2O4/c1-27(2)35(37(43)44-26-28-16-8-6-9-17-28)40-25-24-34(36(42)45-38(3,4)5)41-39(29-18-10-7-11-19-29)32-22-14-12-20-30(32)31-21-13-15-23-33(31)39/h6-23,27,34-35,40-41H,24-26H2,1-5H3/t34-,35-/m0/s1. The molecular formula is C39H44N2O4. The van der Waals surface area contributed by atoms with Crippen molar-refractivity contribution in [2.24, 2.45) is 5.92 Å². The molecule has 0 bridgehead atoms. The van der Waals surface area contributed by atoms with Crippen LogP contribution in [0.3, 0.4) is 0 Å². The first-order chi connectivity index (χ1) is 21.6. The molecule has 2 atom stereocenters. The fourth-order valence-electron chi connectivity index (χ4n) is 6.15. The van der Waals surface area contributed by atoms with Gasteiger partial charge in [-0.15, -0.1) is 0 Å². The molecule has 1 aliphatic rings. The lowest BCUT2D eigenvalue weighted by Crippen LogP contribution is -2.54. The second kappa shape index (κ2) is 13.8. The van der Waals surface area contributed by atoms with E-state index in [4.69, 9.17) is 9.47 Å². The maximum Gasteiger partial charge on any atom is 0.323 e. The highest BCUT2D eigenvalue weighted by molar-refractivity contribution is 5.84. The van der Waals surface area contributed by atoms with Crippen LogP contribution < -0.4 is 10.6 Å². The van der Waals surface area contributed by atoms with Crippen molar-refractivity contribution in [1.29, 1.82) is 0 Å². The first-order valence-electron chi connectivity index (χ1n) is 15.8. The van der Waals surface area contributed by atoms with Gasteiger partial charge in [0.05, 0.1) is 5.54 Å². The lowest BCUT2D eigenvalue weighted by atomic mass is 9.79. The summed E-state index contributed by atoms with van der Waals surface area (Å²) < 4.78 is 11.7. The Morgan fingerprint density at radius 2 is 1.27 bits per heavy atom. The molecule has 0 saturated carbocycles. The van der Waals surface area contributed by atoms with E-state index < -0.39 is 23.2 Å². The predicted molar refractivity (Wildman–Crippen MR) is 178 cm³/mol. The summed E-state index contributed by atoms with van der Waals surface area (Å²) in [5, 5.41) is 7.23. The number of esters is 2. The lowest BCUT2D eigenvalue weighted by Gasteiger charge is -2.38. The zero-order valence-corrected chi connectivity index (χ0v) is 26.9. The molecule has 0 amide bonds. The smallest absolute Gasteiger partial charge is 0.323 e. The van der Waals surface area contributed by atoms with Crippen LogP contribution in [-0.2, 0) is 31.2 Å². The Hall–Kier alpha value is -4.26. The first kappa shape index (κ1) is 32.1. The van der Waals surface area contributed by atoms with Crippen molar-refractivity contribution >= 4 is 11.9 Å².